The van der Waals surface area contributed by atoms with Gasteiger partial charge < -0.3 is 9.47 Å². The zero-order valence-electron chi connectivity index (χ0n) is 5.39. The molecule has 0 aromatic heterocycles. The van der Waals surface area contributed by atoms with E-state index in [1.54, 1.807) is 14.2 Å². The molecule has 0 radical (unpaired) electrons. The van der Waals surface area contributed by atoms with Gasteiger partial charge in [-0.2, -0.15) is 0 Å². The monoisotopic (exact) mass is 136 g/mol. The minimum absolute atomic E-state index is 0.0208. The van der Waals surface area contributed by atoms with Gasteiger partial charge in [0.05, 0.1) is 0 Å². The van der Waals surface area contributed by atoms with Crippen molar-refractivity contribution in [2.45, 2.75) is 12.7 Å². The molecule has 3 heteroatoms. The van der Waals surface area contributed by atoms with Gasteiger partial charge in [-0.1, -0.05) is 0 Å². The average molecular weight is 136 g/mol. The van der Waals surface area contributed by atoms with Gasteiger partial charge in [-0.05, 0) is 6.16 Å². The Morgan fingerprint density at radius 1 is 1.38 bits per heavy atom. The third-order valence-electron chi connectivity index (χ3n) is 0.928. The van der Waals surface area contributed by atoms with Gasteiger partial charge in [-0.25, -0.2) is 0 Å². The van der Waals surface area contributed by atoms with Gasteiger partial charge in [0.15, 0.2) is 6.29 Å². The van der Waals surface area contributed by atoms with E-state index in [1.165, 1.54) is 0 Å². The molecule has 0 aliphatic carbocycles. The Morgan fingerprint density at radius 2 is 1.88 bits per heavy atom. The molecule has 0 heterocycles. The first kappa shape index (κ1) is 8.35. The van der Waals surface area contributed by atoms with E-state index in [9.17, 15) is 0 Å². The second-order valence-electron chi connectivity index (χ2n) is 1.48. The fraction of sp³-hybridized carbons (Fsp3) is 1.00. The molecule has 0 aliphatic rings. The Labute approximate surface area is 52.8 Å². The normalized spacial score (nSPS) is 10.5. The molecule has 0 rings (SSSR count). The van der Waals surface area contributed by atoms with Crippen LogP contribution in [0, 0.1) is 0 Å². The van der Waals surface area contributed by atoms with E-state index in [0.29, 0.717) is 0 Å². The Hall–Kier alpha value is 0.350. The Morgan fingerprint density at radius 3 is 2.00 bits per heavy atom. The summed E-state index contributed by atoms with van der Waals surface area (Å²) in [5, 5.41) is 0. The van der Waals surface area contributed by atoms with Crippen LogP contribution in [0.4, 0.5) is 0 Å². The van der Waals surface area contributed by atoms with Crippen molar-refractivity contribution in [3.63, 3.8) is 0 Å². The number of hydrogen-bond donors (Lipinski definition) is 0. The molecular weight excluding hydrogens is 123 g/mol. The number of hydrogen-bond acceptors (Lipinski definition) is 2. The van der Waals surface area contributed by atoms with Crippen molar-refractivity contribution >= 4 is 9.24 Å². The summed E-state index contributed by atoms with van der Waals surface area (Å²) in [4.78, 5) is 0. The summed E-state index contributed by atoms with van der Waals surface area (Å²) in [6.07, 6.45) is 1.94. The van der Waals surface area contributed by atoms with Gasteiger partial charge in [0.25, 0.3) is 0 Å². The van der Waals surface area contributed by atoms with Crippen molar-refractivity contribution in [2.24, 2.45) is 0 Å². The fourth-order valence-electron chi connectivity index (χ4n) is 0.468. The first-order valence-electron chi connectivity index (χ1n) is 2.60. The van der Waals surface area contributed by atoms with Crippen LogP contribution in [-0.2, 0) is 9.47 Å². The lowest BCUT2D eigenvalue weighted by atomic mass is 10.5. The molecule has 1 unspecified atom stereocenters. The van der Waals surface area contributed by atoms with Crippen molar-refractivity contribution in [3.8, 4) is 0 Å². The predicted octanol–water partition coefficient (Wildman–Crippen LogP) is 0.870. The molecule has 0 fully saturated rings. The topological polar surface area (TPSA) is 18.5 Å². The highest BCUT2D eigenvalue weighted by Crippen LogP contribution is 1.99. The summed E-state index contributed by atoms with van der Waals surface area (Å²) >= 11 is 0. The molecule has 0 N–H and O–H groups in total. The van der Waals surface area contributed by atoms with Crippen molar-refractivity contribution in [3.05, 3.63) is 0 Å². The lowest BCUT2D eigenvalue weighted by Gasteiger charge is -2.10. The van der Waals surface area contributed by atoms with Crippen LogP contribution in [0.15, 0.2) is 0 Å². The zero-order chi connectivity index (χ0) is 6.41. The quantitative estimate of drug-likeness (QED) is 0.421. The number of rotatable bonds is 4. The van der Waals surface area contributed by atoms with Crippen LogP contribution in [0.3, 0.4) is 0 Å². The van der Waals surface area contributed by atoms with Gasteiger partial charge in [0.2, 0.25) is 0 Å². The van der Waals surface area contributed by atoms with Crippen LogP contribution >= 0.6 is 9.24 Å². The van der Waals surface area contributed by atoms with E-state index in [1.807, 2.05) is 0 Å². The van der Waals surface area contributed by atoms with Gasteiger partial charge in [-0.15, -0.1) is 9.24 Å². The third kappa shape index (κ3) is 3.36. The smallest absolute Gasteiger partial charge is 0.157 e. The molecule has 0 saturated heterocycles. The fourth-order valence-corrected chi connectivity index (χ4v) is 0.740. The highest BCUT2D eigenvalue weighted by Gasteiger charge is 1.99. The van der Waals surface area contributed by atoms with Crippen molar-refractivity contribution in [1.82, 2.24) is 0 Å². The molecule has 2 nitrogen and oxygen atoms in total. The van der Waals surface area contributed by atoms with Crippen LogP contribution in [-0.4, -0.2) is 26.7 Å². The van der Waals surface area contributed by atoms with Crippen LogP contribution < -0.4 is 0 Å². The molecule has 8 heavy (non-hydrogen) atoms. The molecule has 0 aromatic carbocycles. The first-order valence-corrected chi connectivity index (χ1v) is 3.42. The molecule has 0 aliphatic heterocycles. The average Bonchev–Trinajstić information content (AvgIpc) is 1.83. The molecule has 1 atom stereocenters. The van der Waals surface area contributed by atoms with Crippen molar-refractivity contribution < 1.29 is 9.47 Å². The van der Waals surface area contributed by atoms with E-state index < -0.39 is 0 Å². The van der Waals surface area contributed by atoms with Gasteiger partial charge >= 0.3 is 0 Å². The SMILES string of the molecule is COC(CCP)OC. The summed E-state index contributed by atoms with van der Waals surface area (Å²) in [6, 6.07) is 0. The maximum atomic E-state index is 4.90. The zero-order valence-corrected chi connectivity index (χ0v) is 6.54. The Kier molecular flexibility index (Phi) is 5.73. The summed E-state index contributed by atoms with van der Waals surface area (Å²) in [5.74, 6) is 0. The summed E-state index contributed by atoms with van der Waals surface area (Å²) in [7, 11) is 5.92. The minimum atomic E-state index is -0.0208. The van der Waals surface area contributed by atoms with E-state index >= 15 is 0 Å². The largest absolute Gasteiger partial charge is 0.356 e. The maximum Gasteiger partial charge on any atom is 0.157 e. The Balaban J connectivity index is 3.07. The van der Waals surface area contributed by atoms with Gasteiger partial charge in [-0.3, -0.25) is 0 Å². The van der Waals surface area contributed by atoms with E-state index in [-0.39, 0.29) is 6.29 Å². The minimum Gasteiger partial charge on any atom is -0.356 e. The molecule has 0 aromatic rings. The number of ether oxygens (including phenoxy) is 2. The van der Waals surface area contributed by atoms with Gasteiger partial charge in [0, 0.05) is 20.6 Å². The van der Waals surface area contributed by atoms with Crippen molar-refractivity contribution in [1.29, 1.82) is 0 Å². The third-order valence-corrected chi connectivity index (χ3v) is 1.26. The predicted molar refractivity (Wildman–Crippen MR) is 37.0 cm³/mol. The van der Waals surface area contributed by atoms with E-state index in [0.717, 1.165) is 12.6 Å². The lowest BCUT2D eigenvalue weighted by molar-refractivity contribution is -0.102. The summed E-state index contributed by atoms with van der Waals surface area (Å²) in [6.45, 7) is 0. The molecule has 0 spiro atoms. The second-order valence-corrected chi connectivity index (χ2v) is 2.06. The molecule has 0 saturated carbocycles. The van der Waals surface area contributed by atoms with Crippen LogP contribution in [0.5, 0.6) is 0 Å². The molecule has 50 valence electrons. The number of methoxy groups -OCH3 is 2. The highest BCUT2D eigenvalue weighted by atomic mass is 31.0. The maximum absolute atomic E-state index is 4.90. The highest BCUT2D eigenvalue weighted by molar-refractivity contribution is 7.16. The summed E-state index contributed by atoms with van der Waals surface area (Å²) < 4.78 is 9.81. The molecule has 0 amide bonds. The molecular formula is C5H13O2P. The summed E-state index contributed by atoms with van der Waals surface area (Å²) in [5.41, 5.74) is 0. The van der Waals surface area contributed by atoms with Crippen molar-refractivity contribution in [2.75, 3.05) is 20.4 Å². The van der Waals surface area contributed by atoms with E-state index in [4.69, 9.17) is 9.47 Å². The van der Waals surface area contributed by atoms with Gasteiger partial charge in [0.1, 0.15) is 0 Å². The molecule has 0 bridgehead atoms. The standard InChI is InChI=1S/C5H13O2P/c1-6-5(7-2)3-4-8/h5H,3-4,8H2,1-2H3. The van der Waals surface area contributed by atoms with Crippen LogP contribution in [0.2, 0.25) is 0 Å². The van der Waals surface area contributed by atoms with E-state index in [2.05, 4.69) is 9.24 Å². The first-order chi connectivity index (χ1) is 3.85. The van der Waals surface area contributed by atoms with Crippen LogP contribution in [0.25, 0.3) is 0 Å². The second kappa shape index (κ2) is 5.49. The Bertz CT molecular complexity index is 45.7. The lowest BCUT2D eigenvalue weighted by Crippen LogP contribution is -2.12. The van der Waals surface area contributed by atoms with Crippen LogP contribution in [0.1, 0.15) is 6.42 Å².